The van der Waals surface area contributed by atoms with Gasteiger partial charge in [0.25, 0.3) is 0 Å². The van der Waals surface area contributed by atoms with Crippen LogP contribution in [-0.2, 0) is 4.79 Å². The monoisotopic (exact) mass is 225 g/mol. The molecule has 2 fully saturated rings. The van der Waals surface area contributed by atoms with Gasteiger partial charge in [-0.3, -0.25) is 4.79 Å². The Morgan fingerprint density at radius 1 is 1.44 bits per heavy atom. The Morgan fingerprint density at radius 3 is 2.88 bits per heavy atom. The topological polar surface area (TPSA) is 40.5 Å². The minimum Gasteiger partial charge on any atom is -0.391 e. The normalized spacial score (nSPS) is 35.8. The fraction of sp³-hybridized carbons (Fsp3) is 0.923. The van der Waals surface area contributed by atoms with Gasteiger partial charge in [0.2, 0.25) is 5.91 Å². The third kappa shape index (κ3) is 2.97. The molecule has 0 aromatic heterocycles. The van der Waals surface area contributed by atoms with Crippen molar-refractivity contribution in [3.8, 4) is 0 Å². The number of nitrogens with zero attached hydrogens (tertiary/aromatic N) is 1. The van der Waals surface area contributed by atoms with Gasteiger partial charge < -0.3 is 10.0 Å². The molecule has 1 aliphatic heterocycles. The van der Waals surface area contributed by atoms with Crippen molar-refractivity contribution >= 4 is 5.91 Å². The Bertz CT molecular complexity index is 254. The highest BCUT2D eigenvalue weighted by molar-refractivity contribution is 5.78. The highest BCUT2D eigenvalue weighted by Crippen LogP contribution is 2.31. The maximum absolute atomic E-state index is 11.5. The first-order valence-electron chi connectivity index (χ1n) is 6.61. The van der Waals surface area contributed by atoms with Crippen LogP contribution in [0.4, 0.5) is 0 Å². The number of aliphatic hydroxyl groups is 1. The van der Waals surface area contributed by atoms with Crippen LogP contribution in [0.2, 0.25) is 0 Å². The number of likely N-dealkylation sites (tertiary alicyclic amines) is 1. The Kier molecular flexibility index (Phi) is 3.85. The number of rotatable bonds is 3. The van der Waals surface area contributed by atoms with Gasteiger partial charge in [-0.1, -0.05) is 26.2 Å². The van der Waals surface area contributed by atoms with Gasteiger partial charge in [-0.05, 0) is 24.7 Å². The maximum atomic E-state index is 11.5. The highest BCUT2D eigenvalue weighted by Gasteiger charge is 2.28. The van der Waals surface area contributed by atoms with Gasteiger partial charge in [0.1, 0.15) is 0 Å². The van der Waals surface area contributed by atoms with E-state index in [2.05, 4.69) is 6.92 Å². The molecule has 1 heterocycles. The van der Waals surface area contributed by atoms with Crippen molar-refractivity contribution in [2.24, 2.45) is 11.8 Å². The van der Waals surface area contributed by atoms with E-state index in [0.717, 1.165) is 24.8 Å². The molecule has 3 nitrogen and oxygen atoms in total. The van der Waals surface area contributed by atoms with Gasteiger partial charge in [-0.25, -0.2) is 0 Å². The predicted molar refractivity (Wildman–Crippen MR) is 62.9 cm³/mol. The summed E-state index contributed by atoms with van der Waals surface area (Å²) in [5, 5.41) is 9.39. The van der Waals surface area contributed by atoms with Crippen LogP contribution in [0.5, 0.6) is 0 Å². The third-order valence-corrected chi connectivity index (χ3v) is 4.05. The van der Waals surface area contributed by atoms with Crippen molar-refractivity contribution in [3.05, 3.63) is 0 Å². The van der Waals surface area contributed by atoms with Crippen molar-refractivity contribution in [3.63, 3.8) is 0 Å². The largest absolute Gasteiger partial charge is 0.391 e. The summed E-state index contributed by atoms with van der Waals surface area (Å²) in [6, 6.07) is 0. The molecule has 3 atom stereocenters. The Morgan fingerprint density at radius 2 is 2.25 bits per heavy atom. The summed E-state index contributed by atoms with van der Waals surface area (Å²) in [5.74, 6) is 1.80. The number of carbonyl (C=O) groups excluding carboxylic acids is 1. The zero-order valence-corrected chi connectivity index (χ0v) is 10.2. The minimum absolute atomic E-state index is 0.136. The lowest BCUT2D eigenvalue weighted by molar-refractivity contribution is -0.127. The van der Waals surface area contributed by atoms with Crippen LogP contribution < -0.4 is 0 Å². The van der Waals surface area contributed by atoms with E-state index in [4.69, 9.17) is 0 Å². The summed E-state index contributed by atoms with van der Waals surface area (Å²) in [6.07, 6.45) is 6.42. The van der Waals surface area contributed by atoms with E-state index in [1.165, 1.54) is 25.7 Å². The Labute approximate surface area is 97.8 Å². The first-order chi connectivity index (χ1) is 7.65. The molecule has 0 radical (unpaired) electrons. The number of carbonyl (C=O) groups is 1. The van der Waals surface area contributed by atoms with Gasteiger partial charge in [-0.15, -0.1) is 0 Å². The second-order valence-electron chi connectivity index (χ2n) is 5.62. The van der Waals surface area contributed by atoms with Gasteiger partial charge >= 0.3 is 0 Å². The van der Waals surface area contributed by atoms with E-state index < -0.39 is 6.10 Å². The molecule has 3 unspecified atom stereocenters. The molecule has 16 heavy (non-hydrogen) atoms. The highest BCUT2D eigenvalue weighted by atomic mass is 16.3. The number of β-amino-alcohol motifs (C(OH)–C–C–N with tert-alkyl or cyclic N) is 1. The first-order valence-corrected chi connectivity index (χ1v) is 6.61. The Hall–Kier alpha value is -0.570. The molecule has 0 bridgehead atoms. The second-order valence-corrected chi connectivity index (χ2v) is 5.62. The summed E-state index contributed by atoms with van der Waals surface area (Å²) < 4.78 is 0. The molecular weight excluding hydrogens is 202 g/mol. The smallest absolute Gasteiger partial charge is 0.225 e. The van der Waals surface area contributed by atoms with Crippen LogP contribution in [-0.4, -0.2) is 35.1 Å². The molecule has 2 rings (SSSR count). The molecule has 1 N–H and O–H groups in total. The minimum atomic E-state index is -0.419. The van der Waals surface area contributed by atoms with Crippen molar-refractivity contribution < 1.29 is 9.90 Å². The summed E-state index contributed by atoms with van der Waals surface area (Å²) >= 11 is 0. The van der Waals surface area contributed by atoms with E-state index in [-0.39, 0.29) is 5.91 Å². The maximum Gasteiger partial charge on any atom is 0.225 e. The number of hydrogen-bond acceptors (Lipinski definition) is 2. The number of aliphatic hydroxyl groups excluding tert-OH is 1. The van der Waals surface area contributed by atoms with E-state index in [0.29, 0.717) is 13.0 Å². The SMILES string of the molecule is CC1CCCC(CCN2CC(O)CC2=O)C1. The fourth-order valence-corrected chi connectivity index (χ4v) is 3.13. The van der Waals surface area contributed by atoms with Gasteiger partial charge in [-0.2, -0.15) is 0 Å². The van der Waals surface area contributed by atoms with Crippen LogP contribution in [0.15, 0.2) is 0 Å². The lowest BCUT2D eigenvalue weighted by atomic mass is 9.81. The van der Waals surface area contributed by atoms with Crippen molar-refractivity contribution in [2.45, 2.75) is 51.6 Å². The van der Waals surface area contributed by atoms with Gasteiger partial charge in [0.15, 0.2) is 0 Å². The summed E-state index contributed by atoms with van der Waals surface area (Å²) in [5.41, 5.74) is 0. The molecule has 0 aromatic carbocycles. The molecule has 0 aromatic rings. The summed E-state index contributed by atoms with van der Waals surface area (Å²) in [6.45, 7) is 3.74. The quantitative estimate of drug-likeness (QED) is 0.795. The van der Waals surface area contributed by atoms with Crippen LogP contribution in [0, 0.1) is 11.8 Å². The molecule has 1 saturated heterocycles. The molecular formula is C13H23NO2. The molecule has 1 saturated carbocycles. The van der Waals surface area contributed by atoms with Crippen molar-refractivity contribution in [2.75, 3.05) is 13.1 Å². The zero-order valence-electron chi connectivity index (χ0n) is 10.2. The van der Waals surface area contributed by atoms with Crippen LogP contribution >= 0.6 is 0 Å². The average molecular weight is 225 g/mol. The van der Waals surface area contributed by atoms with E-state index in [1.807, 2.05) is 4.90 Å². The lowest BCUT2D eigenvalue weighted by Gasteiger charge is -2.28. The van der Waals surface area contributed by atoms with Crippen LogP contribution in [0.1, 0.15) is 45.4 Å². The van der Waals surface area contributed by atoms with Crippen LogP contribution in [0.3, 0.4) is 0 Å². The zero-order chi connectivity index (χ0) is 11.5. The summed E-state index contributed by atoms with van der Waals surface area (Å²) in [7, 11) is 0. The van der Waals surface area contributed by atoms with Crippen LogP contribution in [0.25, 0.3) is 0 Å². The van der Waals surface area contributed by atoms with Crippen molar-refractivity contribution in [1.29, 1.82) is 0 Å². The standard InChI is InChI=1S/C13H23NO2/c1-10-3-2-4-11(7-10)5-6-14-9-12(15)8-13(14)16/h10-12,15H,2-9H2,1H3. The summed E-state index contributed by atoms with van der Waals surface area (Å²) in [4.78, 5) is 13.3. The number of amides is 1. The van der Waals surface area contributed by atoms with Gasteiger partial charge in [0, 0.05) is 13.1 Å². The first kappa shape index (κ1) is 11.9. The predicted octanol–water partition coefficient (Wildman–Crippen LogP) is 1.80. The number of hydrogen-bond donors (Lipinski definition) is 1. The van der Waals surface area contributed by atoms with Gasteiger partial charge in [0.05, 0.1) is 12.5 Å². The average Bonchev–Trinajstić information content (AvgIpc) is 2.54. The lowest BCUT2D eigenvalue weighted by Crippen LogP contribution is -2.29. The molecule has 92 valence electrons. The molecule has 1 amide bonds. The Balaban J connectivity index is 1.72. The van der Waals surface area contributed by atoms with E-state index in [1.54, 1.807) is 0 Å². The van der Waals surface area contributed by atoms with E-state index >= 15 is 0 Å². The van der Waals surface area contributed by atoms with Crippen molar-refractivity contribution in [1.82, 2.24) is 4.90 Å². The molecule has 0 spiro atoms. The van der Waals surface area contributed by atoms with E-state index in [9.17, 15) is 9.90 Å². The molecule has 1 aliphatic carbocycles. The third-order valence-electron chi connectivity index (χ3n) is 4.05. The molecule has 2 aliphatic rings. The fourth-order valence-electron chi connectivity index (χ4n) is 3.13. The second kappa shape index (κ2) is 5.17. The molecule has 3 heteroatoms.